The second kappa shape index (κ2) is 7.37. The van der Waals surface area contributed by atoms with Crippen molar-refractivity contribution >= 4 is 24.3 Å². The highest BCUT2D eigenvalue weighted by atomic mass is 16.7. The van der Waals surface area contributed by atoms with E-state index < -0.39 is 18.3 Å². The van der Waals surface area contributed by atoms with Gasteiger partial charge in [-0.3, -0.25) is 0 Å². The molecule has 0 radical (unpaired) electrons. The molecule has 0 unspecified atom stereocenters. The average molecular weight is 366 g/mol. The summed E-state index contributed by atoms with van der Waals surface area (Å²) in [6, 6.07) is 15.3. The van der Waals surface area contributed by atoms with Crippen molar-refractivity contribution in [1.29, 1.82) is 0 Å². The zero-order chi connectivity index (χ0) is 19.7. The number of urea groups is 1. The first-order valence-corrected chi connectivity index (χ1v) is 9.23. The number of hydrogen-bond acceptors (Lipinski definition) is 3. The predicted octanol–water partition coefficient (Wildman–Crippen LogP) is 3.62. The van der Waals surface area contributed by atoms with Crippen LogP contribution in [0.5, 0.6) is 0 Å². The largest absolute Gasteiger partial charge is 0.495 e. The molecular weight excluding hydrogens is 339 g/mol. The number of anilines is 1. The lowest BCUT2D eigenvalue weighted by atomic mass is 9.76. The Balaban J connectivity index is 1.68. The first-order chi connectivity index (χ1) is 12.7. The van der Waals surface area contributed by atoms with Crippen molar-refractivity contribution < 1.29 is 14.1 Å². The van der Waals surface area contributed by atoms with Gasteiger partial charge in [0, 0.05) is 12.2 Å². The average Bonchev–Trinajstić information content (AvgIpc) is 2.83. The fourth-order valence-corrected chi connectivity index (χ4v) is 2.90. The molecule has 142 valence electrons. The third kappa shape index (κ3) is 4.34. The topological polar surface area (TPSA) is 59.6 Å². The van der Waals surface area contributed by atoms with Gasteiger partial charge in [-0.15, -0.1) is 0 Å². The summed E-state index contributed by atoms with van der Waals surface area (Å²) >= 11 is 0. The maximum absolute atomic E-state index is 12.2. The zero-order valence-electron chi connectivity index (χ0n) is 16.6. The first kappa shape index (κ1) is 19.5. The molecule has 3 rings (SSSR count). The van der Waals surface area contributed by atoms with Crippen LogP contribution in [0.3, 0.4) is 0 Å². The smallest absolute Gasteiger partial charge is 0.399 e. The van der Waals surface area contributed by atoms with Gasteiger partial charge < -0.3 is 19.9 Å². The van der Waals surface area contributed by atoms with Crippen molar-refractivity contribution in [3.8, 4) is 0 Å². The van der Waals surface area contributed by atoms with Gasteiger partial charge in [0.25, 0.3) is 0 Å². The van der Waals surface area contributed by atoms with E-state index >= 15 is 0 Å². The number of amides is 2. The lowest BCUT2D eigenvalue weighted by molar-refractivity contribution is 0.00578. The van der Waals surface area contributed by atoms with Crippen molar-refractivity contribution in [2.24, 2.45) is 0 Å². The van der Waals surface area contributed by atoms with E-state index in [-0.39, 0.29) is 6.03 Å². The van der Waals surface area contributed by atoms with Crippen LogP contribution in [0.15, 0.2) is 48.5 Å². The van der Waals surface area contributed by atoms with Crippen LogP contribution in [0.1, 0.15) is 38.8 Å². The molecule has 0 aromatic heterocycles. The number of carbonyl (C=O) groups is 1. The Morgan fingerprint density at radius 3 is 2.26 bits per heavy atom. The Kier molecular flexibility index (Phi) is 5.31. The summed E-state index contributed by atoms with van der Waals surface area (Å²) in [6.07, 6.45) is 0. The fraction of sp³-hybridized carbons (Fsp3) is 0.381. The number of nitrogens with one attached hydrogen (secondary N) is 2. The molecule has 2 amide bonds. The van der Waals surface area contributed by atoms with E-state index in [0.29, 0.717) is 12.2 Å². The number of carbonyl (C=O) groups excluding carboxylic acids is 1. The molecule has 5 nitrogen and oxygen atoms in total. The minimum Gasteiger partial charge on any atom is -0.399 e. The quantitative estimate of drug-likeness (QED) is 0.813. The van der Waals surface area contributed by atoms with Gasteiger partial charge in [0.05, 0.1) is 11.2 Å². The van der Waals surface area contributed by atoms with Gasteiger partial charge in [-0.05, 0) is 57.8 Å². The van der Waals surface area contributed by atoms with Gasteiger partial charge >= 0.3 is 13.1 Å². The number of hydrogen-bond donors (Lipinski definition) is 2. The summed E-state index contributed by atoms with van der Waals surface area (Å²) in [7, 11) is -0.455. The van der Waals surface area contributed by atoms with Crippen molar-refractivity contribution in [3.05, 3.63) is 59.7 Å². The fourth-order valence-electron chi connectivity index (χ4n) is 2.90. The second-order valence-corrected chi connectivity index (χ2v) is 7.95. The summed E-state index contributed by atoms with van der Waals surface area (Å²) in [4.78, 5) is 12.2. The molecule has 1 fully saturated rings. The van der Waals surface area contributed by atoms with E-state index in [9.17, 15) is 4.79 Å². The lowest BCUT2D eigenvalue weighted by Gasteiger charge is -2.32. The number of rotatable bonds is 4. The van der Waals surface area contributed by atoms with E-state index in [1.54, 1.807) is 0 Å². The summed E-state index contributed by atoms with van der Waals surface area (Å²) in [6.45, 7) is 10.6. The molecule has 2 aromatic rings. The maximum atomic E-state index is 12.2. The van der Waals surface area contributed by atoms with Crippen molar-refractivity contribution in [2.45, 2.75) is 52.4 Å². The molecule has 0 spiro atoms. The SMILES string of the molecule is Cc1ccc(NC(=O)NCc2ccccc2)cc1B1OC(C)(C)C(C)(C)O1. The van der Waals surface area contributed by atoms with Crippen LogP contribution in [0.25, 0.3) is 0 Å². The molecule has 0 saturated carbocycles. The third-order valence-corrected chi connectivity index (χ3v) is 5.34. The Hall–Kier alpha value is -2.31. The minimum absolute atomic E-state index is 0.248. The molecule has 1 saturated heterocycles. The zero-order valence-corrected chi connectivity index (χ0v) is 16.6. The van der Waals surface area contributed by atoms with Gasteiger partial charge in [0.15, 0.2) is 0 Å². The van der Waals surface area contributed by atoms with Gasteiger partial charge in [0.2, 0.25) is 0 Å². The first-order valence-electron chi connectivity index (χ1n) is 9.23. The molecule has 1 heterocycles. The molecule has 6 heteroatoms. The van der Waals surface area contributed by atoms with Crippen molar-refractivity contribution in [1.82, 2.24) is 5.32 Å². The Labute approximate surface area is 161 Å². The summed E-state index contributed by atoms with van der Waals surface area (Å²) in [5.41, 5.74) is 2.94. The van der Waals surface area contributed by atoms with Crippen molar-refractivity contribution in [2.75, 3.05) is 5.32 Å². The Morgan fingerprint density at radius 2 is 1.63 bits per heavy atom. The highest BCUT2D eigenvalue weighted by molar-refractivity contribution is 6.62. The molecule has 1 aliphatic heterocycles. The normalized spacial score (nSPS) is 17.6. The molecule has 2 aromatic carbocycles. The van der Waals surface area contributed by atoms with Gasteiger partial charge in [-0.25, -0.2) is 4.79 Å². The van der Waals surface area contributed by atoms with E-state index in [1.807, 2.05) is 83.1 Å². The Morgan fingerprint density at radius 1 is 1.00 bits per heavy atom. The highest BCUT2D eigenvalue weighted by Gasteiger charge is 2.52. The molecule has 0 aliphatic carbocycles. The minimum atomic E-state index is -0.455. The van der Waals surface area contributed by atoms with Gasteiger partial charge in [0.1, 0.15) is 0 Å². The van der Waals surface area contributed by atoms with Crippen LogP contribution >= 0.6 is 0 Å². The molecule has 2 N–H and O–H groups in total. The summed E-state index contributed by atoms with van der Waals surface area (Å²) in [5, 5.41) is 5.75. The monoisotopic (exact) mass is 366 g/mol. The van der Waals surface area contributed by atoms with E-state index in [4.69, 9.17) is 9.31 Å². The molecule has 1 aliphatic rings. The standard InChI is InChI=1S/C21H27BN2O3/c1-15-11-12-17(24-19(25)23-14-16-9-7-6-8-10-16)13-18(15)22-26-20(2,3)21(4,5)27-22/h6-13H,14H2,1-5H3,(H2,23,24,25). The lowest BCUT2D eigenvalue weighted by Crippen LogP contribution is -2.41. The molecule has 0 atom stereocenters. The Bertz CT molecular complexity index is 805. The van der Waals surface area contributed by atoms with E-state index in [2.05, 4.69) is 10.6 Å². The summed E-state index contributed by atoms with van der Waals surface area (Å²) < 4.78 is 12.3. The third-order valence-electron chi connectivity index (χ3n) is 5.34. The van der Waals surface area contributed by atoms with Crippen LogP contribution in [0, 0.1) is 6.92 Å². The molecular formula is C21H27BN2O3. The number of benzene rings is 2. The van der Waals surface area contributed by atoms with Crippen LogP contribution in [0.4, 0.5) is 10.5 Å². The number of aryl methyl sites for hydroxylation is 1. The van der Waals surface area contributed by atoms with Crippen LogP contribution in [0.2, 0.25) is 0 Å². The highest BCUT2D eigenvalue weighted by Crippen LogP contribution is 2.36. The van der Waals surface area contributed by atoms with Crippen LogP contribution < -0.4 is 16.1 Å². The van der Waals surface area contributed by atoms with Crippen LogP contribution in [-0.2, 0) is 15.9 Å². The molecule has 0 bridgehead atoms. The van der Waals surface area contributed by atoms with E-state index in [1.165, 1.54) is 0 Å². The van der Waals surface area contributed by atoms with E-state index in [0.717, 1.165) is 16.6 Å². The van der Waals surface area contributed by atoms with Crippen LogP contribution in [-0.4, -0.2) is 24.4 Å². The van der Waals surface area contributed by atoms with Gasteiger partial charge in [-0.1, -0.05) is 42.0 Å². The molecule has 27 heavy (non-hydrogen) atoms. The van der Waals surface area contributed by atoms with Crippen molar-refractivity contribution in [3.63, 3.8) is 0 Å². The van der Waals surface area contributed by atoms with Gasteiger partial charge in [-0.2, -0.15) is 0 Å². The predicted molar refractivity (Wildman–Crippen MR) is 109 cm³/mol. The maximum Gasteiger partial charge on any atom is 0.495 e. The summed E-state index contributed by atoms with van der Waals surface area (Å²) in [5.74, 6) is 0. The second-order valence-electron chi connectivity index (χ2n) is 7.95.